The summed E-state index contributed by atoms with van der Waals surface area (Å²) in [6.45, 7) is 3.29. The Hall–Kier alpha value is -2.83. The van der Waals surface area contributed by atoms with Gasteiger partial charge in [0.2, 0.25) is 0 Å². The summed E-state index contributed by atoms with van der Waals surface area (Å²) in [6.07, 6.45) is 1.65. The van der Waals surface area contributed by atoms with Gasteiger partial charge in [-0.15, -0.1) is 0 Å². The molecular weight excluding hydrogens is 357 g/mol. The Labute approximate surface area is 163 Å². The van der Waals surface area contributed by atoms with Gasteiger partial charge in [-0.05, 0) is 29.8 Å². The van der Waals surface area contributed by atoms with Crippen molar-refractivity contribution in [3.63, 3.8) is 0 Å². The molecule has 2 heterocycles. The largest absolute Gasteiger partial charge is 0.379 e. The Morgan fingerprint density at radius 3 is 2.64 bits per heavy atom. The predicted molar refractivity (Wildman–Crippen MR) is 106 cm³/mol. The molecule has 1 fully saturated rings. The summed E-state index contributed by atoms with van der Waals surface area (Å²) in [5, 5.41) is 3.88. The number of halogens is 1. The number of carbonyl (C=O) groups is 1. The number of para-hydroxylation sites is 1. The van der Waals surface area contributed by atoms with Crippen LogP contribution in [-0.2, 0) is 4.74 Å². The van der Waals surface area contributed by atoms with Crippen molar-refractivity contribution in [2.75, 3.05) is 32.8 Å². The van der Waals surface area contributed by atoms with Crippen LogP contribution in [0.4, 0.5) is 4.39 Å². The van der Waals surface area contributed by atoms with Crippen LogP contribution in [0.5, 0.6) is 0 Å². The molecule has 28 heavy (non-hydrogen) atoms. The number of benzene rings is 2. The smallest absolute Gasteiger partial charge is 0.252 e. The maximum Gasteiger partial charge on any atom is 0.252 e. The van der Waals surface area contributed by atoms with E-state index in [9.17, 15) is 9.18 Å². The van der Waals surface area contributed by atoms with Gasteiger partial charge in [0.05, 0.1) is 30.3 Å². The first-order chi connectivity index (χ1) is 13.7. The first kappa shape index (κ1) is 18.5. The molecule has 1 aliphatic rings. The van der Waals surface area contributed by atoms with Crippen molar-refractivity contribution in [3.05, 3.63) is 77.7 Å². The van der Waals surface area contributed by atoms with Crippen LogP contribution >= 0.6 is 0 Å². The van der Waals surface area contributed by atoms with Crippen LogP contribution in [0.2, 0.25) is 0 Å². The Bertz CT molecular complexity index is 950. The maximum absolute atomic E-state index is 13.4. The number of aromatic nitrogens is 1. The standard InChI is InChI=1S/C22H22FN3O2/c23-17-7-5-16(6-8-17)21(26-11-13-28-14-12-26)15-25-22(27)19-9-10-24-20-4-2-1-3-18(19)20/h1-10,21H,11-15H2,(H,25,27). The number of nitrogens with one attached hydrogen (secondary N) is 1. The highest BCUT2D eigenvalue weighted by atomic mass is 19.1. The molecule has 1 saturated heterocycles. The van der Waals surface area contributed by atoms with Gasteiger partial charge in [0.1, 0.15) is 5.82 Å². The number of fused-ring (bicyclic) bond motifs is 1. The van der Waals surface area contributed by atoms with Gasteiger partial charge in [-0.3, -0.25) is 14.7 Å². The number of hydrogen-bond donors (Lipinski definition) is 1. The van der Waals surface area contributed by atoms with Crippen molar-refractivity contribution in [2.24, 2.45) is 0 Å². The van der Waals surface area contributed by atoms with E-state index in [2.05, 4.69) is 15.2 Å². The fourth-order valence-electron chi connectivity index (χ4n) is 3.61. The summed E-state index contributed by atoms with van der Waals surface area (Å²) in [6, 6.07) is 15.8. The molecule has 2 aromatic carbocycles. The van der Waals surface area contributed by atoms with Crippen LogP contribution in [0.15, 0.2) is 60.8 Å². The summed E-state index contributed by atoms with van der Waals surface area (Å²) in [4.78, 5) is 19.5. The molecule has 1 aliphatic heterocycles. The Kier molecular flexibility index (Phi) is 5.60. The normalized spacial score (nSPS) is 16.0. The molecule has 1 atom stereocenters. The van der Waals surface area contributed by atoms with Gasteiger partial charge >= 0.3 is 0 Å². The molecule has 6 heteroatoms. The molecule has 0 bridgehead atoms. The third-order valence-electron chi connectivity index (χ3n) is 5.09. The van der Waals surface area contributed by atoms with Crippen molar-refractivity contribution in [2.45, 2.75) is 6.04 Å². The lowest BCUT2D eigenvalue weighted by Crippen LogP contribution is -2.43. The van der Waals surface area contributed by atoms with Crippen LogP contribution in [0.3, 0.4) is 0 Å². The number of hydrogen-bond acceptors (Lipinski definition) is 4. The fourth-order valence-corrected chi connectivity index (χ4v) is 3.61. The zero-order valence-corrected chi connectivity index (χ0v) is 15.5. The lowest BCUT2D eigenvalue weighted by atomic mass is 10.0. The average Bonchev–Trinajstić information content (AvgIpc) is 2.75. The van der Waals surface area contributed by atoms with Crippen LogP contribution in [0, 0.1) is 5.82 Å². The number of nitrogens with zero attached hydrogens (tertiary/aromatic N) is 2. The summed E-state index contributed by atoms with van der Waals surface area (Å²) >= 11 is 0. The van der Waals surface area contributed by atoms with Gasteiger partial charge in [-0.25, -0.2) is 4.39 Å². The van der Waals surface area contributed by atoms with E-state index in [-0.39, 0.29) is 17.8 Å². The van der Waals surface area contributed by atoms with Crippen LogP contribution in [0.1, 0.15) is 22.0 Å². The van der Waals surface area contributed by atoms with Gasteiger partial charge in [0.15, 0.2) is 0 Å². The zero-order chi connectivity index (χ0) is 19.3. The molecule has 1 aromatic heterocycles. The molecule has 1 unspecified atom stereocenters. The van der Waals surface area contributed by atoms with E-state index in [1.54, 1.807) is 24.4 Å². The highest BCUT2D eigenvalue weighted by Gasteiger charge is 2.23. The summed E-state index contributed by atoms with van der Waals surface area (Å²) < 4.78 is 18.8. The Morgan fingerprint density at radius 2 is 1.86 bits per heavy atom. The van der Waals surface area contributed by atoms with Crippen LogP contribution in [0.25, 0.3) is 10.9 Å². The van der Waals surface area contributed by atoms with Crippen molar-refractivity contribution < 1.29 is 13.9 Å². The second kappa shape index (κ2) is 8.46. The monoisotopic (exact) mass is 379 g/mol. The third-order valence-corrected chi connectivity index (χ3v) is 5.09. The predicted octanol–water partition coefficient (Wildman–Crippen LogP) is 3.18. The maximum atomic E-state index is 13.4. The third kappa shape index (κ3) is 4.03. The zero-order valence-electron chi connectivity index (χ0n) is 15.5. The van der Waals surface area contributed by atoms with Gasteiger partial charge in [-0.2, -0.15) is 0 Å². The van der Waals surface area contributed by atoms with Crippen molar-refractivity contribution in [3.8, 4) is 0 Å². The molecule has 3 aromatic rings. The second-order valence-electron chi connectivity index (χ2n) is 6.80. The molecule has 0 saturated carbocycles. The molecule has 0 spiro atoms. The highest BCUT2D eigenvalue weighted by molar-refractivity contribution is 6.05. The van der Waals surface area contributed by atoms with E-state index in [1.165, 1.54) is 12.1 Å². The first-order valence-electron chi connectivity index (χ1n) is 9.41. The van der Waals surface area contributed by atoms with E-state index < -0.39 is 0 Å². The molecule has 4 rings (SSSR count). The van der Waals surface area contributed by atoms with Crippen LogP contribution in [-0.4, -0.2) is 48.6 Å². The molecule has 5 nitrogen and oxygen atoms in total. The second-order valence-corrected chi connectivity index (χ2v) is 6.80. The van der Waals surface area contributed by atoms with Gasteiger partial charge < -0.3 is 10.1 Å². The number of rotatable bonds is 5. The minimum absolute atomic E-state index is 0.0402. The van der Waals surface area contributed by atoms with E-state index >= 15 is 0 Å². The number of ether oxygens (including phenoxy) is 1. The Balaban J connectivity index is 1.54. The van der Waals surface area contributed by atoms with Crippen molar-refractivity contribution in [1.29, 1.82) is 0 Å². The molecule has 1 amide bonds. The molecular formula is C22H22FN3O2. The molecule has 0 aliphatic carbocycles. The minimum atomic E-state index is -0.267. The van der Waals surface area contributed by atoms with E-state index in [0.717, 1.165) is 29.6 Å². The quantitative estimate of drug-likeness (QED) is 0.740. The Morgan fingerprint density at radius 1 is 1.11 bits per heavy atom. The number of morpholine rings is 1. The van der Waals surface area contributed by atoms with Gasteiger partial charge in [0.25, 0.3) is 5.91 Å². The lowest BCUT2D eigenvalue weighted by molar-refractivity contribution is 0.0162. The number of pyridine rings is 1. The van der Waals surface area contributed by atoms with Crippen molar-refractivity contribution >= 4 is 16.8 Å². The lowest BCUT2D eigenvalue weighted by Gasteiger charge is -2.35. The average molecular weight is 379 g/mol. The van der Waals surface area contributed by atoms with E-state index in [4.69, 9.17) is 4.74 Å². The first-order valence-corrected chi connectivity index (χ1v) is 9.41. The van der Waals surface area contributed by atoms with E-state index in [0.29, 0.717) is 25.3 Å². The molecule has 1 N–H and O–H groups in total. The fraction of sp³-hybridized carbons (Fsp3) is 0.273. The van der Waals surface area contributed by atoms with Crippen molar-refractivity contribution in [1.82, 2.24) is 15.2 Å². The number of carbonyl (C=O) groups excluding carboxylic acids is 1. The summed E-state index contributed by atoms with van der Waals surface area (Å²) in [7, 11) is 0. The molecule has 144 valence electrons. The van der Waals surface area contributed by atoms with Gasteiger partial charge in [0, 0.05) is 31.2 Å². The number of amides is 1. The topological polar surface area (TPSA) is 54.5 Å². The van der Waals surface area contributed by atoms with Crippen LogP contribution < -0.4 is 5.32 Å². The summed E-state index contributed by atoms with van der Waals surface area (Å²) in [5.74, 6) is -0.407. The molecule has 0 radical (unpaired) electrons. The van der Waals surface area contributed by atoms with E-state index in [1.807, 2.05) is 24.3 Å². The minimum Gasteiger partial charge on any atom is -0.379 e. The highest BCUT2D eigenvalue weighted by Crippen LogP contribution is 2.22. The summed E-state index contributed by atoms with van der Waals surface area (Å²) in [5.41, 5.74) is 2.37. The van der Waals surface area contributed by atoms with Gasteiger partial charge in [-0.1, -0.05) is 30.3 Å². The SMILES string of the molecule is O=C(NCC(c1ccc(F)cc1)N1CCOCC1)c1ccnc2ccccc12.